The molecule has 1 aromatic heterocycles. The zero-order valence-corrected chi connectivity index (χ0v) is 6.89. The molecule has 0 aliphatic carbocycles. The Labute approximate surface area is 69.5 Å². The number of aromatic nitrogens is 2. The van der Waals surface area contributed by atoms with Crippen LogP contribution in [0.4, 0.5) is 0 Å². The van der Waals surface area contributed by atoms with Crippen molar-refractivity contribution in [3.63, 3.8) is 0 Å². The summed E-state index contributed by atoms with van der Waals surface area (Å²) in [7, 11) is -1.18. The standard InChI is InChI=1S/C6H6N2O3S/c9-4-3-5-8(6(10)7-4)1-2-12(5)11/h3H,1-2H2,(H,7,9,10). The number of nitrogens with zero attached hydrogens (tertiary/aromatic N) is 1. The summed E-state index contributed by atoms with van der Waals surface area (Å²) in [6.07, 6.45) is 0. The molecule has 1 aromatic rings. The summed E-state index contributed by atoms with van der Waals surface area (Å²) in [6.45, 7) is 0.428. The molecule has 0 fully saturated rings. The van der Waals surface area contributed by atoms with Gasteiger partial charge in [-0.15, -0.1) is 0 Å². The normalized spacial score (nSPS) is 20.8. The Kier molecular flexibility index (Phi) is 1.50. The maximum absolute atomic E-state index is 11.2. The molecule has 0 saturated heterocycles. The minimum atomic E-state index is -1.18. The maximum Gasteiger partial charge on any atom is 0.329 e. The molecule has 0 aromatic carbocycles. The van der Waals surface area contributed by atoms with E-state index in [2.05, 4.69) is 4.98 Å². The topological polar surface area (TPSA) is 71.9 Å². The third-order valence-electron chi connectivity index (χ3n) is 1.73. The summed E-state index contributed by atoms with van der Waals surface area (Å²) in [4.78, 5) is 24.0. The fourth-order valence-corrected chi connectivity index (χ4v) is 2.39. The highest BCUT2D eigenvalue weighted by Crippen LogP contribution is 2.08. The molecule has 0 spiro atoms. The number of hydrogen-bond acceptors (Lipinski definition) is 3. The van der Waals surface area contributed by atoms with Crippen LogP contribution >= 0.6 is 0 Å². The summed E-state index contributed by atoms with van der Waals surface area (Å²) in [5.41, 5.74) is -0.954. The second-order valence-corrected chi connectivity index (χ2v) is 4.00. The van der Waals surface area contributed by atoms with Gasteiger partial charge in [-0.25, -0.2) is 4.79 Å². The van der Waals surface area contributed by atoms with Crippen LogP contribution in [0.3, 0.4) is 0 Å². The van der Waals surface area contributed by atoms with Crippen molar-refractivity contribution in [2.45, 2.75) is 11.6 Å². The van der Waals surface area contributed by atoms with E-state index < -0.39 is 22.0 Å². The van der Waals surface area contributed by atoms with E-state index in [4.69, 9.17) is 0 Å². The lowest BCUT2D eigenvalue weighted by Gasteiger charge is -1.96. The molecule has 0 bridgehead atoms. The number of aromatic amines is 1. The lowest BCUT2D eigenvalue weighted by Crippen LogP contribution is -2.28. The van der Waals surface area contributed by atoms with Crippen LogP contribution in [-0.4, -0.2) is 19.5 Å². The fraction of sp³-hybridized carbons (Fsp3) is 0.333. The molecule has 1 aliphatic heterocycles. The number of fused-ring (bicyclic) bond motifs is 1. The molecule has 5 nitrogen and oxygen atoms in total. The Hall–Kier alpha value is -1.17. The van der Waals surface area contributed by atoms with E-state index in [0.29, 0.717) is 17.3 Å². The van der Waals surface area contributed by atoms with Gasteiger partial charge < -0.3 is 0 Å². The first-order chi connectivity index (χ1) is 5.68. The number of rotatable bonds is 0. The van der Waals surface area contributed by atoms with E-state index >= 15 is 0 Å². The van der Waals surface area contributed by atoms with Crippen molar-refractivity contribution in [2.24, 2.45) is 0 Å². The largest absolute Gasteiger partial charge is 0.329 e. The molecule has 2 rings (SSSR count). The Bertz CT molecular complexity index is 459. The molecule has 64 valence electrons. The van der Waals surface area contributed by atoms with Crippen molar-refractivity contribution in [1.82, 2.24) is 9.55 Å². The molecule has 12 heavy (non-hydrogen) atoms. The Morgan fingerprint density at radius 1 is 1.50 bits per heavy atom. The summed E-state index contributed by atoms with van der Waals surface area (Å²) >= 11 is 0. The fourth-order valence-electron chi connectivity index (χ4n) is 1.18. The monoisotopic (exact) mass is 186 g/mol. The van der Waals surface area contributed by atoms with Crippen LogP contribution < -0.4 is 11.2 Å². The molecule has 0 amide bonds. The first kappa shape index (κ1) is 7.48. The average Bonchev–Trinajstić information content (AvgIpc) is 2.33. The predicted octanol–water partition coefficient (Wildman–Crippen LogP) is -1.34. The second kappa shape index (κ2) is 2.41. The third-order valence-corrected chi connectivity index (χ3v) is 3.09. The number of hydrogen-bond donors (Lipinski definition) is 1. The molecule has 0 radical (unpaired) electrons. The summed E-state index contributed by atoms with van der Waals surface area (Å²) in [6, 6.07) is 1.21. The van der Waals surface area contributed by atoms with Crippen LogP contribution in [0, 0.1) is 0 Å². The van der Waals surface area contributed by atoms with Gasteiger partial charge in [-0.2, -0.15) is 0 Å². The van der Waals surface area contributed by atoms with E-state index in [1.807, 2.05) is 0 Å². The summed E-state index contributed by atoms with van der Waals surface area (Å²) in [5, 5.41) is 0.337. The van der Waals surface area contributed by atoms with Crippen LogP contribution in [0.2, 0.25) is 0 Å². The summed E-state index contributed by atoms with van der Waals surface area (Å²) in [5.74, 6) is 0.423. The molecule has 1 aliphatic rings. The van der Waals surface area contributed by atoms with Crippen molar-refractivity contribution >= 4 is 10.8 Å². The molecular formula is C6H6N2O3S. The molecular weight excluding hydrogens is 180 g/mol. The molecule has 1 atom stereocenters. The van der Waals surface area contributed by atoms with E-state index in [1.165, 1.54) is 10.6 Å². The van der Waals surface area contributed by atoms with Gasteiger partial charge in [0, 0.05) is 18.4 Å². The highest BCUT2D eigenvalue weighted by molar-refractivity contribution is 7.85. The van der Waals surface area contributed by atoms with Gasteiger partial charge in [-0.05, 0) is 0 Å². The van der Waals surface area contributed by atoms with Crippen molar-refractivity contribution in [1.29, 1.82) is 0 Å². The quantitative estimate of drug-likeness (QED) is 0.509. The zero-order valence-electron chi connectivity index (χ0n) is 6.07. The first-order valence-electron chi connectivity index (χ1n) is 3.41. The average molecular weight is 186 g/mol. The van der Waals surface area contributed by atoms with Gasteiger partial charge >= 0.3 is 5.69 Å². The van der Waals surface area contributed by atoms with Gasteiger partial charge in [0.05, 0.1) is 10.8 Å². The van der Waals surface area contributed by atoms with Gasteiger partial charge in [0.25, 0.3) is 5.56 Å². The van der Waals surface area contributed by atoms with Crippen molar-refractivity contribution in [3.8, 4) is 0 Å². The SMILES string of the molecule is O=c1cc2n(c(=O)[nH]1)CCS2=O. The molecule has 1 N–H and O–H groups in total. The highest BCUT2D eigenvalue weighted by Gasteiger charge is 2.19. The number of H-pyrrole nitrogens is 1. The zero-order chi connectivity index (χ0) is 8.72. The molecule has 0 saturated carbocycles. The van der Waals surface area contributed by atoms with Crippen LogP contribution in [0.1, 0.15) is 0 Å². The lowest BCUT2D eigenvalue weighted by molar-refractivity contribution is 0.654. The number of nitrogens with one attached hydrogen (secondary N) is 1. The highest BCUT2D eigenvalue weighted by atomic mass is 32.2. The van der Waals surface area contributed by atoms with Crippen LogP contribution in [0.5, 0.6) is 0 Å². The van der Waals surface area contributed by atoms with Crippen molar-refractivity contribution < 1.29 is 4.21 Å². The molecule has 2 heterocycles. The van der Waals surface area contributed by atoms with Crippen LogP contribution in [-0.2, 0) is 17.3 Å². The van der Waals surface area contributed by atoms with E-state index in [9.17, 15) is 13.8 Å². The Morgan fingerprint density at radius 2 is 2.25 bits per heavy atom. The summed E-state index contributed by atoms with van der Waals surface area (Å²) < 4.78 is 12.5. The smallest absolute Gasteiger partial charge is 0.285 e. The van der Waals surface area contributed by atoms with Gasteiger partial charge in [0.2, 0.25) is 0 Å². The molecule has 6 heteroatoms. The predicted molar refractivity (Wildman–Crippen MR) is 42.6 cm³/mol. The van der Waals surface area contributed by atoms with Crippen molar-refractivity contribution in [2.75, 3.05) is 5.75 Å². The minimum absolute atomic E-state index is 0.337. The minimum Gasteiger partial charge on any atom is -0.285 e. The lowest BCUT2D eigenvalue weighted by atomic mass is 10.6. The molecule has 1 unspecified atom stereocenters. The van der Waals surface area contributed by atoms with Gasteiger partial charge in [-0.1, -0.05) is 0 Å². The van der Waals surface area contributed by atoms with E-state index in [1.54, 1.807) is 0 Å². The Morgan fingerprint density at radius 3 is 3.00 bits per heavy atom. The van der Waals surface area contributed by atoms with E-state index in [0.717, 1.165) is 0 Å². The van der Waals surface area contributed by atoms with Crippen LogP contribution in [0.25, 0.3) is 0 Å². The second-order valence-electron chi connectivity index (χ2n) is 2.48. The Balaban J connectivity index is 2.85. The van der Waals surface area contributed by atoms with Crippen LogP contribution in [0.15, 0.2) is 20.7 Å². The van der Waals surface area contributed by atoms with Gasteiger partial charge in [0.15, 0.2) is 0 Å². The van der Waals surface area contributed by atoms with E-state index in [-0.39, 0.29) is 0 Å². The third kappa shape index (κ3) is 0.953. The first-order valence-corrected chi connectivity index (χ1v) is 4.73. The van der Waals surface area contributed by atoms with Gasteiger partial charge in [0.1, 0.15) is 5.03 Å². The maximum atomic E-state index is 11.2. The van der Waals surface area contributed by atoms with Gasteiger partial charge in [-0.3, -0.25) is 18.6 Å². The van der Waals surface area contributed by atoms with Crippen molar-refractivity contribution in [3.05, 3.63) is 26.9 Å².